The highest BCUT2D eigenvalue weighted by molar-refractivity contribution is 5.99. The van der Waals surface area contributed by atoms with Crippen LogP contribution in [0.1, 0.15) is 73.6 Å². The molecule has 0 spiro atoms. The molecule has 0 atom stereocenters. The number of amides is 3. The maximum atomic E-state index is 11.8. The van der Waals surface area contributed by atoms with Gasteiger partial charge < -0.3 is 5.73 Å². The molecule has 1 aromatic rings. The van der Waals surface area contributed by atoms with Crippen LogP contribution in [-0.4, -0.2) is 22.7 Å². The van der Waals surface area contributed by atoms with Gasteiger partial charge in [0.2, 0.25) is 11.8 Å². The molecule has 2 aliphatic rings. The lowest BCUT2D eigenvalue weighted by Crippen LogP contribution is -2.38. The monoisotopic (exact) mass is 340 g/mol. The van der Waals surface area contributed by atoms with Gasteiger partial charge in [-0.3, -0.25) is 24.7 Å². The van der Waals surface area contributed by atoms with Gasteiger partial charge in [0.15, 0.2) is 0 Å². The Balaban J connectivity index is 1.98. The molecule has 0 saturated carbocycles. The molecule has 3 N–H and O–H groups in total. The van der Waals surface area contributed by atoms with E-state index < -0.39 is 11.8 Å². The van der Waals surface area contributed by atoms with E-state index in [9.17, 15) is 14.4 Å². The number of rotatable bonds is 3. The van der Waals surface area contributed by atoms with E-state index in [2.05, 4.69) is 36.3 Å². The molecule has 1 radical (unpaired) electrons. The number of hydrogen-bond donors (Lipinski definition) is 2. The van der Waals surface area contributed by atoms with Crippen LogP contribution in [0.4, 0.5) is 0 Å². The van der Waals surface area contributed by atoms with Crippen molar-refractivity contribution in [2.45, 2.75) is 51.9 Å². The van der Waals surface area contributed by atoms with Crippen LogP contribution in [0.5, 0.6) is 0 Å². The smallest absolute Gasteiger partial charge is 0.250 e. The third-order valence-electron chi connectivity index (χ3n) is 4.93. The number of pyridine rings is 1. The summed E-state index contributed by atoms with van der Waals surface area (Å²) in [4.78, 5) is 39.8. The average molecular weight is 340 g/mol. The molecular weight excluding hydrogens is 318 g/mol. The lowest BCUT2D eigenvalue weighted by molar-refractivity contribution is -0.133. The summed E-state index contributed by atoms with van der Waals surface area (Å²) in [7, 11) is 0. The maximum Gasteiger partial charge on any atom is 0.250 e. The summed E-state index contributed by atoms with van der Waals surface area (Å²) in [6, 6.07) is 4.59. The van der Waals surface area contributed by atoms with Crippen LogP contribution in [0.3, 0.4) is 0 Å². The Hall–Kier alpha value is -2.50. The maximum absolute atomic E-state index is 11.8. The highest BCUT2D eigenvalue weighted by atomic mass is 16.2. The van der Waals surface area contributed by atoms with Crippen LogP contribution < -0.4 is 11.1 Å². The van der Waals surface area contributed by atoms with E-state index in [4.69, 9.17) is 5.73 Å². The number of primary amides is 1. The molecule has 3 rings (SSSR count). The standard InChI is InChI=1S/C19H22N3O3/c1-19(2)7-5-11(6-8-19)14-4-3-13(18(20)25)17(21-14)12-9-15(23)22-16(24)10-12/h3,5,12H,6-10H2,1-2H3,(H2,20,25)(H,22,23,24). The molecule has 1 aromatic heterocycles. The second-order valence-electron chi connectivity index (χ2n) is 7.59. The highest BCUT2D eigenvalue weighted by Gasteiger charge is 2.31. The first kappa shape index (κ1) is 17.3. The molecule has 131 valence electrons. The van der Waals surface area contributed by atoms with Crippen molar-refractivity contribution < 1.29 is 14.4 Å². The van der Waals surface area contributed by atoms with Crippen LogP contribution in [0.2, 0.25) is 0 Å². The second kappa shape index (κ2) is 6.43. The third-order valence-corrected chi connectivity index (χ3v) is 4.93. The number of carbonyl (C=O) groups excluding carboxylic acids is 3. The normalized spacial score (nSPS) is 20.8. The van der Waals surface area contributed by atoms with Crippen LogP contribution >= 0.6 is 0 Å². The molecule has 3 amide bonds. The van der Waals surface area contributed by atoms with Crippen molar-refractivity contribution in [2.24, 2.45) is 11.1 Å². The third kappa shape index (κ3) is 3.78. The summed E-state index contributed by atoms with van der Waals surface area (Å²) < 4.78 is 0. The second-order valence-corrected chi connectivity index (χ2v) is 7.59. The van der Waals surface area contributed by atoms with E-state index in [1.807, 2.05) is 0 Å². The van der Waals surface area contributed by atoms with E-state index in [1.165, 1.54) is 6.07 Å². The Morgan fingerprint density at radius 1 is 1.32 bits per heavy atom. The summed E-state index contributed by atoms with van der Waals surface area (Å²) >= 11 is 0. The summed E-state index contributed by atoms with van der Waals surface area (Å²) in [5, 5.41) is 2.27. The number of piperidine rings is 1. The van der Waals surface area contributed by atoms with Crippen molar-refractivity contribution >= 4 is 23.3 Å². The number of nitrogens with one attached hydrogen (secondary N) is 1. The predicted octanol–water partition coefficient (Wildman–Crippen LogP) is 2.09. The van der Waals surface area contributed by atoms with Gasteiger partial charge in [-0.2, -0.15) is 0 Å². The van der Waals surface area contributed by atoms with Crippen LogP contribution in [-0.2, 0) is 9.59 Å². The van der Waals surface area contributed by atoms with Gasteiger partial charge in [0.1, 0.15) is 0 Å². The molecule has 6 heteroatoms. The number of nitrogens with two attached hydrogens (primary N) is 1. The van der Waals surface area contributed by atoms with Gasteiger partial charge in [-0.1, -0.05) is 19.9 Å². The lowest BCUT2D eigenvalue weighted by Gasteiger charge is -2.29. The molecule has 6 nitrogen and oxygen atoms in total. The van der Waals surface area contributed by atoms with Gasteiger partial charge in [0, 0.05) is 24.8 Å². The molecule has 1 aliphatic heterocycles. The minimum Gasteiger partial charge on any atom is -0.366 e. The van der Waals surface area contributed by atoms with Crippen LogP contribution in [0.15, 0.2) is 12.1 Å². The topological polar surface area (TPSA) is 102 Å². The number of aromatic nitrogens is 1. The van der Waals surface area contributed by atoms with Crippen molar-refractivity contribution in [1.82, 2.24) is 10.3 Å². The van der Waals surface area contributed by atoms with Gasteiger partial charge in [0.25, 0.3) is 5.91 Å². The van der Waals surface area contributed by atoms with Crippen molar-refractivity contribution in [3.05, 3.63) is 35.2 Å². The van der Waals surface area contributed by atoms with E-state index in [0.29, 0.717) is 11.4 Å². The first-order valence-electron chi connectivity index (χ1n) is 8.50. The Bertz CT molecular complexity index is 764. The van der Waals surface area contributed by atoms with E-state index in [1.54, 1.807) is 0 Å². The summed E-state index contributed by atoms with van der Waals surface area (Å²) in [6.07, 6.45) is 5.29. The number of nitrogens with zero attached hydrogens (tertiary/aromatic N) is 1. The van der Waals surface area contributed by atoms with Gasteiger partial charge in [-0.05, 0) is 36.3 Å². The molecule has 1 aliphatic carbocycles. The molecular formula is C19H22N3O3. The Labute approximate surface area is 146 Å². The Morgan fingerprint density at radius 2 is 2.00 bits per heavy atom. The first-order chi connectivity index (χ1) is 11.7. The molecule has 1 fully saturated rings. The molecule has 1 saturated heterocycles. The molecule has 25 heavy (non-hydrogen) atoms. The van der Waals surface area contributed by atoms with Crippen molar-refractivity contribution in [3.8, 4) is 0 Å². The largest absolute Gasteiger partial charge is 0.366 e. The van der Waals surface area contributed by atoms with Gasteiger partial charge in [-0.15, -0.1) is 0 Å². The predicted molar refractivity (Wildman–Crippen MR) is 92.3 cm³/mol. The van der Waals surface area contributed by atoms with Crippen LogP contribution in [0.25, 0.3) is 5.57 Å². The number of imide groups is 1. The first-order valence-corrected chi connectivity index (χ1v) is 8.50. The summed E-state index contributed by atoms with van der Waals surface area (Å²) in [5.74, 6) is -1.77. The molecule has 0 aromatic carbocycles. The van der Waals surface area contributed by atoms with E-state index >= 15 is 0 Å². The molecule has 2 heterocycles. The van der Waals surface area contributed by atoms with Crippen LogP contribution in [0, 0.1) is 11.5 Å². The van der Waals surface area contributed by atoms with Gasteiger partial charge in [-0.25, -0.2) is 0 Å². The SMILES string of the molecule is CC1(C)CC=C(c2[c]cc(C(N)=O)c(C3CC(=O)NC(=O)C3)n2)CC1. The Morgan fingerprint density at radius 3 is 2.56 bits per heavy atom. The fraction of sp³-hybridized carbons (Fsp3) is 0.474. The number of carbonyl (C=O) groups is 3. The minimum absolute atomic E-state index is 0.120. The molecule has 0 bridgehead atoms. The molecule has 0 unspecified atom stereocenters. The van der Waals surface area contributed by atoms with Gasteiger partial charge in [0.05, 0.1) is 17.0 Å². The minimum atomic E-state index is -0.623. The number of hydrogen-bond acceptors (Lipinski definition) is 4. The zero-order valence-electron chi connectivity index (χ0n) is 14.5. The summed E-state index contributed by atoms with van der Waals surface area (Å²) in [6.45, 7) is 4.45. The van der Waals surface area contributed by atoms with Crippen molar-refractivity contribution in [1.29, 1.82) is 0 Å². The Kier molecular flexibility index (Phi) is 4.45. The van der Waals surface area contributed by atoms with Gasteiger partial charge >= 0.3 is 0 Å². The quantitative estimate of drug-likeness (QED) is 0.823. The summed E-state index contributed by atoms with van der Waals surface area (Å²) in [5.41, 5.74) is 8.14. The number of allylic oxidation sites excluding steroid dienone is 2. The fourth-order valence-corrected chi connectivity index (χ4v) is 3.36. The lowest BCUT2D eigenvalue weighted by atomic mass is 9.77. The average Bonchev–Trinajstić information content (AvgIpc) is 2.53. The fourth-order valence-electron chi connectivity index (χ4n) is 3.36. The van der Waals surface area contributed by atoms with E-state index in [0.717, 1.165) is 24.8 Å². The zero-order chi connectivity index (χ0) is 18.2. The van der Waals surface area contributed by atoms with Crippen molar-refractivity contribution in [3.63, 3.8) is 0 Å². The van der Waals surface area contributed by atoms with E-state index in [-0.39, 0.29) is 35.6 Å². The van der Waals surface area contributed by atoms with Crippen molar-refractivity contribution in [2.75, 3.05) is 0 Å². The zero-order valence-corrected chi connectivity index (χ0v) is 14.5. The highest BCUT2D eigenvalue weighted by Crippen LogP contribution is 2.38.